The molecule has 4 nitrogen and oxygen atoms in total. The summed E-state index contributed by atoms with van der Waals surface area (Å²) in [5.41, 5.74) is -0.235. The van der Waals surface area contributed by atoms with Crippen LogP contribution in [0.1, 0.15) is 26.7 Å². The second-order valence-corrected chi connectivity index (χ2v) is 4.92. The van der Waals surface area contributed by atoms with Gasteiger partial charge in [-0.1, -0.05) is 13.8 Å². The first-order valence-corrected chi connectivity index (χ1v) is 5.95. The van der Waals surface area contributed by atoms with E-state index in [1.165, 1.54) is 0 Å². The van der Waals surface area contributed by atoms with Gasteiger partial charge in [0.2, 0.25) is 0 Å². The molecule has 1 aliphatic heterocycles. The van der Waals surface area contributed by atoms with Gasteiger partial charge in [-0.2, -0.15) is 0 Å². The summed E-state index contributed by atoms with van der Waals surface area (Å²) < 4.78 is 15.9. The van der Waals surface area contributed by atoms with Crippen molar-refractivity contribution in [2.75, 3.05) is 6.16 Å². The molecule has 0 spiro atoms. The normalized spacial score (nSPS) is 27.2. The van der Waals surface area contributed by atoms with E-state index in [9.17, 15) is 4.57 Å². The molecular weight excluding hydrogens is 179 g/mol. The molecule has 0 bridgehead atoms. The molecular formula is C7H15O4P. The first kappa shape index (κ1) is 10.2. The standard InChI is InChI=1S/C7H15O4P/c1-3-7(4-2)6(11-7)5-12(8,9)10/h6H,3-5H2,1-2H3,(H2,8,9,10). The Morgan fingerprint density at radius 3 is 2.17 bits per heavy atom. The zero-order valence-electron chi connectivity index (χ0n) is 7.36. The Morgan fingerprint density at radius 1 is 1.42 bits per heavy atom. The molecule has 1 aliphatic rings. The molecule has 1 heterocycles. The Kier molecular flexibility index (Phi) is 2.64. The Bertz CT molecular complexity index is 205. The molecule has 0 aromatic heterocycles. The van der Waals surface area contributed by atoms with E-state index in [2.05, 4.69) is 0 Å². The summed E-state index contributed by atoms with van der Waals surface area (Å²) in [7, 11) is -3.89. The number of rotatable bonds is 4. The van der Waals surface area contributed by atoms with Crippen molar-refractivity contribution in [3.8, 4) is 0 Å². The Labute approximate surface area is 72.1 Å². The Balaban J connectivity index is 2.46. The van der Waals surface area contributed by atoms with E-state index in [4.69, 9.17) is 14.5 Å². The van der Waals surface area contributed by atoms with Crippen LogP contribution in [0.4, 0.5) is 0 Å². The first-order valence-electron chi connectivity index (χ1n) is 4.16. The molecule has 1 saturated heterocycles. The van der Waals surface area contributed by atoms with E-state index in [-0.39, 0.29) is 17.9 Å². The minimum atomic E-state index is -3.89. The molecule has 12 heavy (non-hydrogen) atoms. The second-order valence-electron chi connectivity index (χ2n) is 3.23. The largest absolute Gasteiger partial charge is 0.365 e. The van der Waals surface area contributed by atoms with Gasteiger partial charge in [0.25, 0.3) is 0 Å². The molecule has 1 rings (SSSR count). The summed E-state index contributed by atoms with van der Waals surface area (Å²) in [4.78, 5) is 17.4. The summed E-state index contributed by atoms with van der Waals surface area (Å²) >= 11 is 0. The highest BCUT2D eigenvalue weighted by Gasteiger charge is 2.55. The van der Waals surface area contributed by atoms with Gasteiger partial charge in [0.1, 0.15) is 0 Å². The molecule has 2 N–H and O–H groups in total. The van der Waals surface area contributed by atoms with Crippen LogP contribution in [0, 0.1) is 0 Å². The van der Waals surface area contributed by atoms with Gasteiger partial charge in [0, 0.05) is 0 Å². The van der Waals surface area contributed by atoms with Gasteiger partial charge in [0.05, 0.1) is 17.9 Å². The SMILES string of the molecule is CCC1(CC)OC1CP(=O)(O)O. The molecule has 0 saturated carbocycles. The summed E-state index contributed by atoms with van der Waals surface area (Å²) in [5, 5.41) is 0. The molecule has 0 amide bonds. The van der Waals surface area contributed by atoms with Gasteiger partial charge in [-0.05, 0) is 12.8 Å². The zero-order chi connectivity index (χ0) is 9.41. The summed E-state index contributed by atoms with van der Waals surface area (Å²) in [6.07, 6.45) is 1.30. The summed E-state index contributed by atoms with van der Waals surface area (Å²) in [6, 6.07) is 0. The van der Waals surface area contributed by atoms with Crippen molar-refractivity contribution in [3.05, 3.63) is 0 Å². The van der Waals surface area contributed by atoms with Crippen LogP contribution in [0.3, 0.4) is 0 Å². The fourth-order valence-corrected chi connectivity index (χ4v) is 2.38. The van der Waals surface area contributed by atoms with Crippen molar-refractivity contribution < 1.29 is 19.1 Å². The third-order valence-electron chi connectivity index (χ3n) is 2.51. The van der Waals surface area contributed by atoms with Gasteiger partial charge < -0.3 is 14.5 Å². The topological polar surface area (TPSA) is 70.1 Å². The maximum absolute atomic E-state index is 10.6. The van der Waals surface area contributed by atoms with Gasteiger partial charge in [-0.25, -0.2) is 0 Å². The molecule has 0 radical (unpaired) electrons. The highest BCUT2D eigenvalue weighted by molar-refractivity contribution is 7.51. The number of hydrogen-bond donors (Lipinski definition) is 2. The van der Waals surface area contributed by atoms with Crippen molar-refractivity contribution in [1.29, 1.82) is 0 Å². The molecule has 72 valence electrons. The highest BCUT2D eigenvalue weighted by Crippen LogP contribution is 2.50. The predicted octanol–water partition coefficient (Wildman–Crippen LogP) is 1.12. The van der Waals surface area contributed by atoms with Crippen molar-refractivity contribution >= 4 is 7.60 Å². The van der Waals surface area contributed by atoms with Crippen LogP contribution >= 0.6 is 7.60 Å². The van der Waals surface area contributed by atoms with E-state index >= 15 is 0 Å². The minimum Gasteiger partial charge on any atom is -0.365 e. The van der Waals surface area contributed by atoms with Gasteiger partial charge in [-0.15, -0.1) is 0 Å². The highest BCUT2D eigenvalue weighted by atomic mass is 31.2. The van der Waals surface area contributed by atoms with Crippen LogP contribution in [0.15, 0.2) is 0 Å². The van der Waals surface area contributed by atoms with E-state index < -0.39 is 7.60 Å². The molecule has 1 fully saturated rings. The average molecular weight is 194 g/mol. The minimum absolute atomic E-state index is 0.130. The number of ether oxygens (including phenoxy) is 1. The molecule has 0 aliphatic carbocycles. The van der Waals surface area contributed by atoms with Crippen LogP contribution in [-0.4, -0.2) is 27.7 Å². The zero-order valence-corrected chi connectivity index (χ0v) is 8.25. The maximum Gasteiger partial charge on any atom is 0.328 e. The lowest BCUT2D eigenvalue weighted by Gasteiger charge is -2.06. The summed E-state index contributed by atoms with van der Waals surface area (Å²) in [6.45, 7) is 3.95. The van der Waals surface area contributed by atoms with E-state index in [1.807, 2.05) is 13.8 Å². The van der Waals surface area contributed by atoms with Crippen molar-refractivity contribution in [2.45, 2.75) is 38.4 Å². The van der Waals surface area contributed by atoms with Crippen LogP contribution < -0.4 is 0 Å². The first-order chi connectivity index (χ1) is 5.43. The third kappa shape index (κ3) is 2.07. The number of epoxide rings is 1. The second kappa shape index (κ2) is 3.11. The van der Waals surface area contributed by atoms with Gasteiger partial charge >= 0.3 is 7.60 Å². The molecule has 5 heteroatoms. The summed E-state index contributed by atoms with van der Waals surface area (Å²) in [5.74, 6) is 0. The maximum atomic E-state index is 10.6. The fourth-order valence-electron chi connectivity index (χ4n) is 1.54. The average Bonchev–Trinajstić information content (AvgIpc) is 2.60. The quantitative estimate of drug-likeness (QED) is 0.519. The fraction of sp³-hybridized carbons (Fsp3) is 1.00. The van der Waals surface area contributed by atoms with E-state index in [0.29, 0.717) is 0 Å². The van der Waals surface area contributed by atoms with Crippen LogP contribution in [0.2, 0.25) is 0 Å². The molecule has 1 unspecified atom stereocenters. The predicted molar refractivity (Wildman–Crippen MR) is 45.1 cm³/mol. The van der Waals surface area contributed by atoms with Gasteiger partial charge in [0.15, 0.2) is 0 Å². The van der Waals surface area contributed by atoms with Crippen molar-refractivity contribution in [2.24, 2.45) is 0 Å². The lowest BCUT2D eigenvalue weighted by molar-refractivity contribution is 0.280. The smallest absolute Gasteiger partial charge is 0.328 e. The molecule has 0 aromatic rings. The lowest BCUT2D eigenvalue weighted by Crippen LogP contribution is -2.14. The molecule has 1 atom stereocenters. The van der Waals surface area contributed by atoms with Crippen molar-refractivity contribution in [3.63, 3.8) is 0 Å². The third-order valence-corrected chi connectivity index (χ3v) is 3.31. The Morgan fingerprint density at radius 2 is 1.92 bits per heavy atom. The van der Waals surface area contributed by atoms with E-state index in [0.717, 1.165) is 12.8 Å². The lowest BCUT2D eigenvalue weighted by atomic mass is 10.0. The van der Waals surface area contributed by atoms with Crippen LogP contribution in [0.25, 0.3) is 0 Å². The van der Waals surface area contributed by atoms with Gasteiger partial charge in [-0.3, -0.25) is 4.57 Å². The van der Waals surface area contributed by atoms with E-state index in [1.54, 1.807) is 0 Å². The van der Waals surface area contributed by atoms with Crippen LogP contribution in [0.5, 0.6) is 0 Å². The monoisotopic (exact) mass is 194 g/mol. The number of hydrogen-bond acceptors (Lipinski definition) is 2. The molecule has 0 aromatic carbocycles. The van der Waals surface area contributed by atoms with Crippen molar-refractivity contribution in [1.82, 2.24) is 0 Å². The Hall–Kier alpha value is 0.110. The van der Waals surface area contributed by atoms with Crippen LogP contribution in [-0.2, 0) is 9.30 Å².